The van der Waals surface area contributed by atoms with Gasteiger partial charge in [-0.25, -0.2) is 0 Å². The van der Waals surface area contributed by atoms with Crippen LogP contribution in [0.5, 0.6) is 5.75 Å². The maximum Gasteiger partial charge on any atom is 0.270 e. The molecule has 2 aromatic carbocycles. The van der Waals surface area contributed by atoms with Crippen LogP contribution in [-0.2, 0) is 4.79 Å². The number of carbonyl (C=O) groups is 1. The van der Waals surface area contributed by atoms with E-state index in [0.717, 1.165) is 27.9 Å². The Morgan fingerprint density at radius 3 is 2.72 bits per heavy atom. The third-order valence-corrected chi connectivity index (χ3v) is 5.32. The van der Waals surface area contributed by atoms with Gasteiger partial charge >= 0.3 is 0 Å². The highest BCUT2D eigenvalue weighted by molar-refractivity contribution is 9.10. The number of ether oxygens (including phenoxy) is 1. The number of thiocarbonyl (C=S) groups is 1. The van der Waals surface area contributed by atoms with Crippen molar-refractivity contribution in [2.75, 3.05) is 11.5 Å². The average molecular weight is 434 g/mol. The summed E-state index contributed by atoms with van der Waals surface area (Å²) >= 11 is 10.2. The van der Waals surface area contributed by atoms with Crippen molar-refractivity contribution in [3.8, 4) is 5.75 Å². The normalized spacial score (nSPS) is 15.9. The van der Waals surface area contributed by atoms with E-state index in [1.807, 2.05) is 54.6 Å². The number of carbonyl (C=O) groups excluding carboxylic acids is 1. The molecule has 0 saturated carbocycles. The molecule has 6 heteroatoms. The fraction of sp³-hybridized carbons (Fsp3) is 0.158. The van der Waals surface area contributed by atoms with E-state index < -0.39 is 0 Å². The Bertz CT molecular complexity index is 837. The van der Waals surface area contributed by atoms with E-state index in [2.05, 4.69) is 22.9 Å². The monoisotopic (exact) mass is 433 g/mol. The lowest BCUT2D eigenvalue weighted by atomic mass is 10.2. The van der Waals surface area contributed by atoms with Crippen LogP contribution in [0.15, 0.2) is 57.9 Å². The number of amides is 1. The van der Waals surface area contributed by atoms with Gasteiger partial charge < -0.3 is 4.74 Å². The SMILES string of the molecule is CCCOc1ccc(Br)cc1/C=C1/SC(=S)N(c2ccccc2)C1=O. The minimum absolute atomic E-state index is 0.109. The maximum absolute atomic E-state index is 12.8. The van der Waals surface area contributed by atoms with Gasteiger partial charge in [-0.15, -0.1) is 0 Å². The smallest absolute Gasteiger partial charge is 0.270 e. The van der Waals surface area contributed by atoms with Crippen molar-refractivity contribution in [3.05, 3.63) is 63.5 Å². The van der Waals surface area contributed by atoms with Crippen LogP contribution in [0, 0.1) is 0 Å². The van der Waals surface area contributed by atoms with Crippen molar-refractivity contribution < 1.29 is 9.53 Å². The van der Waals surface area contributed by atoms with Crippen LogP contribution in [0.2, 0.25) is 0 Å². The fourth-order valence-corrected chi connectivity index (χ4v) is 4.05. The van der Waals surface area contributed by atoms with Gasteiger partial charge in [0.25, 0.3) is 5.91 Å². The van der Waals surface area contributed by atoms with Crippen molar-refractivity contribution in [3.63, 3.8) is 0 Å². The number of hydrogen-bond donors (Lipinski definition) is 0. The topological polar surface area (TPSA) is 29.5 Å². The molecule has 1 amide bonds. The van der Waals surface area contributed by atoms with Crippen LogP contribution < -0.4 is 9.64 Å². The van der Waals surface area contributed by atoms with Crippen LogP contribution in [0.1, 0.15) is 18.9 Å². The van der Waals surface area contributed by atoms with Crippen molar-refractivity contribution in [2.45, 2.75) is 13.3 Å². The van der Waals surface area contributed by atoms with E-state index in [0.29, 0.717) is 15.8 Å². The molecule has 3 rings (SSSR count). The van der Waals surface area contributed by atoms with Gasteiger partial charge in [-0.3, -0.25) is 9.69 Å². The molecular formula is C19H16BrNO2S2. The van der Waals surface area contributed by atoms with Crippen LogP contribution in [-0.4, -0.2) is 16.8 Å². The van der Waals surface area contributed by atoms with Gasteiger partial charge in [-0.2, -0.15) is 0 Å². The third-order valence-electron chi connectivity index (χ3n) is 3.53. The molecule has 1 aliphatic heterocycles. The number of anilines is 1. The first-order valence-electron chi connectivity index (χ1n) is 7.85. The second kappa shape index (κ2) is 8.17. The number of rotatable bonds is 5. The van der Waals surface area contributed by atoms with E-state index >= 15 is 0 Å². The molecule has 128 valence electrons. The lowest BCUT2D eigenvalue weighted by molar-refractivity contribution is -0.113. The summed E-state index contributed by atoms with van der Waals surface area (Å²) in [5.74, 6) is 0.651. The number of benzene rings is 2. The van der Waals surface area contributed by atoms with E-state index in [-0.39, 0.29) is 5.91 Å². The minimum Gasteiger partial charge on any atom is -0.493 e. The summed E-state index contributed by atoms with van der Waals surface area (Å²) in [6.07, 6.45) is 2.77. The molecule has 0 radical (unpaired) electrons. The fourth-order valence-electron chi connectivity index (χ4n) is 2.38. The molecule has 0 unspecified atom stereocenters. The van der Waals surface area contributed by atoms with Crippen LogP contribution in [0.25, 0.3) is 6.08 Å². The summed E-state index contributed by atoms with van der Waals surface area (Å²) in [4.78, 5) is 15.0. The van der Waals surface area contributed by atoms with Gasteiger partial charge in [0.05, 0.1) is 17.2 Å². The molecule has 3 nitrogen and oxygen atoms in total. The molecule has 25 heavy (non-hydrogen) atoms. The predicted octanol–water partition coefficient (Wildman–Crippen LogP) is 5.64. The van der Waals surface area contributed by atoms with Gasteiger partial charge in [-0.05, 0) is 42.8 Å². The zero-order valence-corrected chi connectivity index (χ0v) is 16.8. The Labute approximate surface area is 165 Å². The Morgan fingerprint density at radius 1 is 1.24 bits per heavy atom. The first kappa shape index (κ1) is 18.2. The number of nitrogens with zero attached hydrogens (tertiary/aromatic N) is 1. The summed E-state index contributed by atoms with van der Waals surface area (Å²) in [5.41, 5.74) is 1.64. The summed E-state index contributed by atoms with van der Waals surface area (Å²) in [6, 6.07) is 15.2. The molecule has 1 aliphatic rings. The van der Waals surface area contributed by atoms with E-state index in [9.17, 15) is 4.79 Å². The van der Waals surface area contributed by atoms with Gasteiger partial charge in [0.15, 0.2) is 4.32 Å². The highest BCUT2D eigenvalue weighted by atomic mass is 79.9. The number of thioether (sulfide) groups is 1. The highest BCUT2D eigenvalue weighted by Crippen LogP contribution is 2.37. The number of halogens is 1. The maximum atomic E-state index is 12.8. The first-order valence-corrected chi connectivity index (χ1v) is 9.87. The van der Waals surface area contributed by atoms with Gasteiger partial charge in [0.1, 0.15) is 5.75 Å². The van der Waals surface area contributed by atoms with Crippen LogP contribution in [0.3, 0.4) is 0 Å². The summed E-state index contributed by atoms with van der Waals surface area (Å²) < 4.78 is 7.26. The molecule has 2 aromatic rings. The summed E-state index contributed by atoms with van der Waals surface area (Å²) in [5, 5.41) is 0. The summed E-state index contributed by atoms with van der Waals surface area (Å²) in [6.45, 7) is 2.69. The molecule has 0 bridgehead atoms. The molecule has 0 atom stereocenters. The molecule has 0 spiro atoms. The second-order valence-corrected chi connectivity index (χ2v) is 7.97. The van der Waals surface area contributed by atoms with Crippen molar-refractivity contribution in [1.82, 2.24) is 0 Å². The lowest BCUT2D eigenvalue weighted by Gasteiger charge is -2.14. The molecule has 0 aromatic heterocycles. The highest BCUT2D eigenvalue weighted by Gasteiger charge is 2.33. The molecule has 0 N–H and O–H groups in total. The van der Waals surface area contributed by atoms with Gasteiger partial charge in [0.2, 0.25) is 0 Å². The standard InChI is InChI=1S/C19H16BrNO2S2/c1-2-10-23-16-9-8-14(20)11-13(16)12-17-18(22)21(19(24)25-17)15-6-4-3-5-7-15/h3-9,11-12H,2,10H2,1H3/b17-12+. The third kappa shape index (κ3) is 4.14. The van der Waals surface area contributed by atoms with Crippen molar-refractivity contribution in [2.24, 2.45) is 0 Å². The van der Waals surface area contributed by atoms with E-state index in [1.54, 1.807) is 4.90 Å². The Balaban J connectivity index is 1.94. The van der Waals surface area contributed by atoms with Crippen molar-refractivity contribution >= 4 is 61.9 Å². The zero-order valence-electron chi connectivity index (χ0n) is 13.6. The largest absolute Gasteiger partial charge is 0.493 e. The van der Waals surface area contributed by atoms with Crippen LogP contribution >= 0.6 is 39.9 Å². The molecule has 1 heterocycles. The average Bonchev–Trinajstić information content (AvgIpc) is 2.88. The molecule has 1 saturated heterocycles. The molecule has 0 aliphatic carbocycles. The lowest BCUT2D eigenvalue weighted by Crippen LogP contribution is -2.27. The van der Waals surface area contributed by atoms with E-state index in [4.69, 9.17) is 17.0 Å². The molecular weight excluding hydrogens is 418 g/mol. The van der Waals surface area contributed by atoms with Gasteiger partial charge in [0, 0.05) is 10.0 Å². The Hall–Kier alpha value is -1.63. The zero-order chi connectivity index (χ0) is 17.8. The Morgan fingerprint density at radius 2 is 2.00 bits per heavy atom. The Kier molecular flexibility index (Phi) is 5.93. The minimum atomic E-state index is -0.109. The summed E-state index contributed by atoms with van der Waals surface area (Å²) in [7, 11) is 0. The van der Waals surface area contributed by atoms with Crippen LogP contribution in [0.4, 0.5) is 5.69 Å². The number of hydrogen-bond acceptors (Lipinski definition) is 4. The second-order valence-electron chi connectivity index (χ2n) is 5.38. The number of para-hydroxylation sites is 1. The van der Waals surface area contributed by atoms with E-state index in [1.165, 1.54) is 11.8 Å². The quantitative estimate of drug-likeness (QED) is 0.450. The first-order chi connectivity index (χ1) is 12.1. The van der Waals surface area contributed by atoms with Gasteiger partial charge in [-0.1, -0.05) is 65.0 Å². The molecule has 1 fully saturated rings. The van der Waals surface area contributed by atoms with Crippen molar-refractivity contribution in [1.29, 1.82) is 0 Å². The predicted molar refractivity (Wildman–Crippen MR) is 112 cm³/mol.